The molecule has 9 nitrogen and oxygen atoms in total. The third-order valence-electron chi connectivity index (χ3n) is 5.90. The molecule has 186 valence electrons. The van der Waals surface area contributed by atoms with Crippen LogP contribution >= 0.6 is 0 Å². The third-order valence-corrected chi connectivity index (χ3v) is 7.01. The summed E-state index contributed by atoms with van der Waals surface area (Å²) in [6, 6.07) is 2.91. The maximum absolute atomic E-state index is 13.5. The first-order valence-electron chi connectivity index (χ1n) is 9.80. The first kappa shape index (κ1) is 24.3. The van der Waals surface area contributed by atoms with Crippen molar-refractivity contribution >= 4 is 15.7 Å². The number of aromatic nitrogens is 2. The number of carbonyl (C=O) groups is 1. The van der Waals surface area contributed by atoms with E-state index in [0.717, 1.165) is 24.5 Å². The van der Waals surface area contributed by atoms with Crippen LogP contribution in [0.25, 0.3) is 0 Å². The van der Waals surface area contributed by atoms with Crippen LogP contribution in [0.15, 0.2) is 27.6 Å². The van der Waals surface area contributed by atoms with Crippen molar-refractivity contribution in [1.82, 2.24) is 15.0 Å². The van der Waals surface area contributed by atoms with Crippen LogP contribution in [0.1, 0.15) is 35.4 Å². The van der Waals surface area contributed by atoms with Crippen LogP contribution < -0.4 is 10.5 Å². The van der Waals surface area contributed by atoms with Crippen molar-refractivity contribution in [3.63, 3.8) is 0 Å². The Kier molecular flexibility index (Phi) is 5.25. The molecular weight excluding hydrogens is 491 g/mol. The van der Waals surface area contributed by atoms with Gasteiger partial charge in [0.2, 0.25) is 11.7 Å². The largest absolute Gasteiger partial charge is 0.483 e. The monoisotopic (exact) mass is 510 g/mol. The number of hydrogen-bond donors (Lipinski definition) is 1. The van der Waals surface area contributed by atoms with E-state index in [2.05, 4.69) is 10.1 Å². The molecule has 1 saturated carbocycles. The van der Waals surface area contributed by atoms with Crippen molar-refractivity contribution in [2.24, 2.45) is 5.73 Å². The highest BCUT2D eigenvalue weighted by Gasteiger charge is 2.75. The minimum Gasteiger partial charge on any atom is -0.483 e. The fourth-order valence-electron chi connectivity index (χ4n) is 4.10. The molecule has 2 aliphatic rings. The highest BCUT2D eigenvalue weighted by Crippen LogP contribution is 2.60. The highest BCUT2D eigenvalue weighted by molar-refractivity contribution is 7.90. The summed E-state index contributed by atoms with van der Waals surface area (Å²) in [6.45, 7) is -1.37. The van der Waals surface area contributed by atoms with Gasteiger partial charge in [0.1, 0.15) is 5.75 Å². The predicted molar refractivity (Wildman–Crippen MR) is 104 cm³/mol. The zero-order chi connectivity index (χ0) is 25.3. The van der Waals surface area contributed by atoms with E-state index >= 15 is 0 Å². The van der Waals surface area contributed by atoms with Gasteiger partial charge in [-0.25, -0.2) is 8.42 Å². The second-order valence-electron chi connectivity index (χ2n) is 8.72. The molecule has 2 fully saturated rings. The molecule has 34 heavy (non-hydrogen) atoms. The van der Waals surface area contributed by atoms with Gasteiger partial charge in [-0.1, -0.05) is 5.16 Å². The lowest BCUT2D eigenvalue weighted by atomic mass is 10.0. The summed E-state index contributed by atoms with van der Waals surface area (Å²) in [7, 11) is -3.80. The van der Waals surface area contributed by atoms with Gasteiger partial charge in [-0.05, 0) is 24.6 Å². The Balaban J connectivity index is 1.65. The van der Waals surface area contributed by atoms with Crippen molar-refractivity contribution in [2.75, 3.05) is 26.0 Å². The molecule has 1 saturated heterocycles. The normalized spacial score (nSPS) is 24.8. The Morgan fingerprint density at radius 3 is 2.50 bits per heavy atom. The molecule has 2 N–H and O–H groups in total. The summed E-state index contributed by atoms with van der Waals surface area (Å²) < 4.78 is 98.6. The predicted octanol–water partition coefficient (Wildman–Crippen LogP) is 2.02. The number of alkyl halides is 5. The minimum absolute atomic E-state index is 0.103. The molecule has 2 aromatic rings. The van der Waals surface area contributed by atoms with Gasteiger partial charge in [-0.15, -0.1) is 0 Å². The Hall–Kier alpha value is -2.81. The first-order valence-corrected chi connectivity index (χ1v) is 11.7. The molecule has 0 spiro atoms. The van der Waals surface area contributed by atoms with Gasteiger partial charge in [0, 0.05) is 26.3 Å². The number of rotatable bonds is 6. The van der Waals surface area contributed by atoms with Crippen LogP contribution in [-0.2, 0) is 21.2 Å². The molecule has 2 heterocycles. The number of fused-ring (bicyclic) bond motifs is 1. The number of benzene rings is 1. The van der Waals surface area contributed by atoms with Gasteiger partial charge in [-0.2, -0.15) is 26.9 Å². The van der Waals surface area contributed by atoms with Gasteiger partial charge in [0.05, 0.1) is 21.4 Å². The average Bonchev–Trinajstić information content (AvgIpc) is 3.04. The lowest BCUT2D eigenvalue weighted by Crippen LogP contribution is -2.37. The molecule has 0 radical (unpaired) electrons. The summed E-state index contributed by atoms with van der Waals surface area (Å²) in [5.41, 5.74) is 3.70. The van der Waals surface area contributed by atoms with Crippen LogP contribution in [0.2, 0.25) is 0 Å². The fraction of sp³-hybridized carbons (Fsp3) is 0.526. The van der Waals surface area contributed by atoms with Crippen LogP contribution in [0.5, 0.6) is 5.75 Å². The molecule has 1 amide bonds. The maximum Gasteiger partial charge on any atom is 0.422 e. The number of halogens is 5. The lowest BCUT2D eigenvalue weighted by Gasteiger charge is -2.22. The summed E-state index contributed by atoms with van der Waals surface area (Å²) in [4.78, 5) is 17.8. The second-order valence-corrected chi connectivity index (χ2v) is 10.7. The molecule has 1 aliphatic heterocycles. The molecular formula is C19H19F5N4O5S. The molecule has 0 bridgehead atoms. The summed E-state index contributed by atoms with van der Waals surface area (Å²) >= 11 is 0. The van der Waals surface area contributed by atoms with Crippen molar-refractivity contribution in [1.29, 1.82) is 0 Å². The maximum atomic E-state index is 13.5. The third kappa shape index (κ3) is 4.21. The Labute approximate surface area is 190 Å². The Bertz CT molecular complexity index is 1260. The molecule has 15 heteroatoms. The molecule has 1 aromatic carbocycles. The minimum atomic E-state index is -4.70. The van der Waals surface area contributed by atoms with E-state index in [1.54, 1.807) is 0 Å². The number of carbonyl (C=O) groups excluding carboxylic acids is 1. The second kappa shape index (κ2) is 7.34. The number of likely N-dealkylation sites (tertiary alicyclic amines) is 1. The van der Waals surface area contributed by atoms with E-state index in [9.17, 15) is 35.2 Å². The first-order chi connectivity index (χ1) is 15.5. The highest BCUT2D eigenvalue weighted by atomic mass is 32.2. The smallest absolute Gasteiger partial charge is 0.422 e. The van der Waals surface area contributed by atoms with Gasteiger partial charge in [0.15, 0.2) is 16.4 Å². The SMILES string of the molecule is CC(F)(F)c1noc(C23CN(C(=O)c4cc(S(C)(=O)=O)ccc4OCC(F)(F)F)CC2(N)C3)n1. The van der Waals surface area contributed by atoms with Gasteiger partial charge in [0.25, 0.3) is 5.91 Å². The van der Waals surface area contributed by atoms with E-state index in [0.29, 0.717) is 6.92 Å². The average molecular weight is 510 g/mol. The molecule has 2 atom stereocenters. The van der Waals surface area contributed by atoms with Crippen LogP contribution in [-0.4, -0.2) is 67.0 Å². The number of amides is 1. The van der Waals surface area contributed by atoms with Gasteiger partial charge >= 0.3 is 12.1 Å². The number of sulfone groups is 1. The van der Waals surface area contributed by atoms with Crippen molar-refractivity contribution in [3.05, 3.63) is 35.5 Å². The van der Waals surface area contributed by atoms with E-state index in [4.69, 9.17) is 15.0 Å². The van der Waals surface area contributed by atoms with E-state index in [1.807, 2.05) is 0 Å². The number of nitrogens with zero attached hydrogens (tertiary/aromatic N) is 3. The summed E-state index contributed by atoms with van der Waals surface area (Å²) in [6.07, 6.45) is -3.58. The number of ether oxygens (including phenoxy) is 1. The Morgan fingerprint density at radius 2 is 1.94 bits per heavy atom. The van der Waals surface area contributed by atoms with Crippen molar-refractivity contribution < 1.29 is 44.4 Å². The fourth-order valence-corrected chi connectivity index (χ4v) is 4.74. The molecule has 1 aromatic heterocycles. The quantitative estimate of drug-likeness (QED) is 0.585. The van der Waals surface area contributed by atoms with E-state index in [-0.39, 0.29) is 30.3 Å². The topological polar surface area (TPSA) is 129 Å². The Morgan fingerprint density at radius 1 is 1.26 bits per heavy atom. The number of nitrogens with two attached hydrogens (primary N) is 1. The van der Waals surface area contributed by atoms with Crippen LogP contribution in [0.3, 0.4) is 0 Å². The van der Waals surface area contributed by atoms with Gasteiger partial charge < -0.3 is 19.9 Å². The van der Waals surface area contributed by atoms with Crippen LogP contribution in [0, 0.1) is 0 Å². The molecule has 1 aliphatic carbocycles. The zero-order valence-corrected chi connectivity index (χ0v) is 18.6. The van der Waals surface area contributed by atoms with E-state index < -0.39 is 62.5 Å². The molecule has 2 unspecified atom stereocenters. The number of piperidine rings is 1. The zero-order valence-electron chi connectivity index (χ0n) is 17.8. The van der Waals surface area contributed by atoms with Crippen molar-refractivity contribution in [3.8, 4) is 5.75 Å². The van der Waals surface area contributed by atoms with Gasteiger partial charge in [-0.3, -0.25) is 4.79 Å². The molecule has 4 rings (SSSR count). The van der Waals surface area contributed by atoms with Crippen molar-refractivity contribution in [2.45, 2.75) is 41.3 Å². The lowest BCUT2D eigenvalue weighted by molar-refractivity contribution is -0.153. The summed E-state index contributed by atoms with van der Waals surface area (Å²) in [5, 5.41) is 3.27. The standard InChI is InChI=1S/C19H19F5N4O5S/c1-16(20,21)14-26-15(33-27-14)17-6-18(17,25)8-28(7-17)13(29)11-5-10(34(2,30)31)3-4-12(11)32-9-19(22,23)24/h3-5H,6-9,25H2,1-2H3. The summed E-state index contributed by atoms with van der Waals surface area (Å²) in [5.74, 6) is -5.71. The number of hydrogen-bond acceptors (Lipinski definition) is 8. The van der Waals surface area contributed by atoms with Crippen LogP contribution in [0.4, 0.5) is 22.0 Å². The van der Waals surface area contributed by atoms with E-state index in [1.165, 1.54) is 4.90 Å².